The number of aromatic nitrogens is 3. The smallest absolute Gasteiger partial charge is 0.305 e. The van der Waals surface area contributed by atoms with E-state index in [0.717, 1.165) is 10.1 Å². The fourth-order valence-electron chi connectivity index (χ4n) is 1.96. The molecule has 2 aromatic heterocycles. The van der Waals surface area contributed by atoms with E-state index in [-0.39, 0.29) is 17.3 Å². The van der Waals surface area contributed by atoms with Gasteiger partial charge in [0, 0.05) is 50.8 Å². The van der Waals surface area contributed by atoms with Crippen molar-refractivity contribution >= 4 is 0 Å². The maximum absolute atomic E-state index is 11.8. The average Bonchev–Trinajstić information content (AvgIpc) is 2.48. The van der Waals surface area contributed by atoms with Gasteiger partial charge < -0.3 is 5.32 Å². The number of hydrogen-bond donors (Lipinski definition) is 1. The van der Waals surface area contributed by atoms with E-state index < -0.39 is 0 Å². The second kappa shape index (κ2) is 5.83. The van der Waals surface area contributed by atoms with E-state index in [1.807, 2.05) is 19.1 Å². The first-order valence-electron chi connectivity index (χ1n) is 6.40. The van der Waals surface area contributed by atoms with Crippen LogP contribution in [0.5, 0.6) is 0 Å². The van der Waals surface area contributed by atoms with Crippen molar-refractivity contribution < 1.29 is 0 Å². The van der Waals surface area contributed by atoms with Crippen LogP contribution >= 0.6 is 0 Å². The Balaban J connectivity index is 2.16. The van der Waals surface area contributed by atoms with Gasteiger partial charge in [-0.05, 0) is 18.6 Å². The number of pyridine rings is 1. The second-order valence-electron chi connectivity index (χ2n) is 4.76. The summed E-state index contributed by atoms with van der Waals surface area (Å²) in [5.41, 5.74) is 1.11. The van der Waals surface area contributed by atoms with Gasteiger partial charge in [-0.15, -0.1) is 0 Å². The van der Waals surface area contributed by atoms with Crippen LogP contribution in [0, 0.1) is 0 Å². The van der Waals surface area contributed by atoms with E-state index in [1.165, 1.54) is 17.7 Å². The summed E-state index contributed by atoms with van der Waals surface area (Å²) in [5, 5.41) is 3.28. The Morgan fingerprint density at radius 2 is 2.05 bits per heavy atom. The molecule has 0 aromatic carbocycles. The maximum Gasteiger partial charge on any atom is 0.330 e. The van der Waals surface area contributed by atoms with E-state index in [1.54, 1.807) is 19.4 Å². The molecule has 0 aliphatic rings. The topological polar surface area (TPSA) is 68.9 Å². The highest BCUT2D eigenvalue weighted by atomic mass is 16.2. The molecule has 106 valence electrons. The minimum atomic E-state index is -0.316. The lowest BCUT2D eigenvalue weighted by molar-refractivity contribution is 0.539. The molecule has 6 nitrogen and oxygen atoms in total. The summed E-state index contributed by atoms with van der Waals surface area (Å²) < 4.78 is 2.57. The lowest BCUT2D eigenvalue weighted by atomic mass is 10.1. The molecule has 0 fully saturated rings. The molecule has 0 bridgehead atoms. The third-order valence-corrected chi connectivity index (χ3v) is 3.40. The van der Waals surface area contributed by atoms with Crippen molar-refractivity contribution in [1.29, 1.82) is 0 Å². The van der Waals surface area contributed by atoms with Crippen molar-refractivity contribution in [2.24, 2.45) is 14.1 Å². The third-order valence-electron chi connectivity index (χ3n) is 3.40. The van der Waals surface area contributed by atoms with Gasteiger partial charge in [0.2, 0.25) is 0 Å². The van der Waals surface area contributed by atoms with Gasteiger partial charge in [0.05, 0.1) is 0 Å². The zero-order valence-electron chi connectivity index (χ0n) is 11.8. The van der Waals surface area contributed by atoms with Crippen LogP contribution in [-0.2, 0) is 20.6 Å². The molecule has 2 aromatic rings. The van der Waals surface area contributed by atoms with Gasteiger partial charge in [-0.25, -0.2) is 4.79 Å². The fourth-order valence-corrected chi connectivity index (χ4v) is 1.96. The summed E-state index contributed by atoms with van der Waals surface area (Å²) in [6.45, 7) is 2.45. The van der Waals surface area contributed by atoms with E-state index in [2.05, 4.69) is 10.3 Å². The van der Waals surface area contributed by atoms with Gasteiger partial charge >= 0.3 is 5.69 Å². The zero-order valence-corrected chi connectivity index (χ0v) is 11.8. The Morgan fingerprint density at radius 3 is 2.70 bits per heavy atom. The molecule has 2 heterocycles. The third kappa shape index (κ3) is 2.85. The summed E-state index contributed by atoms with van der Waals surface area (Å²) in [4.78, 5) is 27.5. The first kappa shape index (κ1) is 14.2. The van der Waals surface area contributed by atoms with Gasteiger partial charge in [0.25, 0.3) is 5.56 Å². The molecule has 0 unspecified atom stereocenters. The molecule has 1 atom stereocenters. The quantitative estimate of drug-likeness (QED) is 0.872. The van der Waals surface area contributed by atoms with E-state index >= 15 is 0 Å². The van der Waals surface area contributed by atoms with Crippen molar-refractivity contribution in [3.05, 3.63) is 62.7 Å². The van der Waals surface area contributed by atoms with E-state index in [0.29, 0.717) is 12.2 Å². The first-order chi connectivity index (χ1) is 9.50. The Labute approximate surface area is 116 Å². The molecule has 20 heavy (non-hydrogen) atoms. The average molecular weight is 274 g/mol. The highest BCUT2D eigenvalue weighted by Gasteiger charge is 2.08. The van der Waals surface area contributed by atoms with Crippen molar-refractivity contribution in [2.75, 3.05) is 0 Å². The predicted octanol–water partition coefficient (Wildman–Crippen LogP) is 0.330. The summed E-state index contributed by atoms with van der Waals surface area (Å²) in [6.07, 6.45) is 3.52. The van der Waals surface area contributed by atoms with Crippen molar-refractivity contribution in [1.82, 2.24) is 19.4 Å². The van der Waals surface area contributed by atoms with Gasteiger partial charge in [0.1, 0.15) is 0 Å². The van der Waals surface area contributed by atoms with Crippen LogP contribution in [0.4, 0.5) is 0 Å². The van der Waals surface area contributed by atoms with Gasteiger partial charge in [0.15, 0.2) is 0 Å². The highest BCUT2D eigenvalue weighted by Crippen LogP contribution is 2.10. The van der Waals surface area contributed by atoms with Crippen molar-refractivity contribution in [3.8, 4) is 0 Å². The lowest BCUT2D eigenvalue weighted by Crippen LogP contribution is -2.39. The molecule has 0 radical (unpaired) electrons. The van der Waals surface area contributed by atoms with Crippen LogP contribution in [0.3, 0.4) is 0 Å². The monoisotopic (exact) mass is 274 g/mol. The summed E-state index contributed by atoms with van der Waals surface area (Å²) >= 11 is 0. The number of nitrogens with zero attached hydrogens (tertiary/aromatic N) is 3. The fraction of sp³-hybridized carbons (Fsp3) is 0.357. The highest BCUT2D eigenvalue weighted by molar-refractivity contribution is 5.13. The number of rotatable bonds is 4. The minimum Gasteiger partial charge on any atom is -0.305 e. The summed E-state index contributed by atoms with van der Waals surface area (Å²) in [5.74, 6) is 0. The van der Waals surface area contributed by atoms with Crippen LogP contribution in [0.1, 0.15) is 24.2 Å². The zero-order chi connectivity index (χ0) is 14.7. The molecule has 6 heteroatoms. The largest absolute Gasteiger partial charge is 0.330 e. The van der Waals surface area contributed by atoms with Gasteiger partial charge in [-0.2, -0.15) is 0 Å². The van der Waals surface area contributed by atoms with Crippen molar-refractivity contribution in [2.45, 2.75) is 19.5 Å². The SMILES string of the molecule is C[C@H](NCc1cc(=O)n(C)c(=O)n1C)c1cccnc1. The van der Waals surface area contributed by atoms with Crippen LogP contribution in [0.25, 0.3) is 0 Å². The molecule has 0 amide bonds. The van der Waals surface area contributed by atoms with Crippen molar-refractivity contribution in [3.63, 3.8) is 0 Å². The standard InChI is InChI=1S/C14H18N4O2/c1-10(11-5-4-6-15-8-11)16-9-12-7-13(19)18(3)14(20)17(12)2/h4-8,10,16H,9H2,1-3H3/t10-/m0/s1. The maximum atomic E-state index is 11.8. The summed E-state index contributed by atoms with van der Waals surface area (Å²) in [6, 6.07) is 5.42. The molecular weight excluding hydrogens is 256 g/mol. The van der Waals surface area contributed by atoms with Crippen LogP contribution in [0.15, 0.2) is 40.2 Å². The molecular formula is C14H18N4O2. The Hall–Kier alpha value is -2.21. The molecule has 0 saturated heterocycles. The first-order valence-corrected chi connectivity index (χ1v) is 6.40. The Morgan fingerprint density at radius 1 is 1.30 bits per heavy atom. The number of nitrogens with one attached hydrogen (secondary N) is 1. The van der Waals surface area contributed by atoms with Crippen LogP contribution in [-0.4, -0.2) is 14.1 Å². The molecule has 0 saturated carbocycles. The number of hydrogen-bond acceptors (Lipinski definition) is 4. The molecule has 0 aliphatic carbocycles. The van der Waals surface area contributed by atoms with Gasteiger partial charge in [-0.1, -0.05) is 6.07 Å². The Bertz CT molecular complexity index is 703. The van der Waals surface area contributed by atoms with Crippen LogP contribution in [0.2, 0.25) is 0 Å². The van der Waals surface area contributed by atoms with Gasteiger partial charge in [-0.3, -0.25) is 18.9 Å². The lowest BCUT2D eigenvalue weighted by Gasteiger charge is -2.15. The molecule has 1 N–H and O–H groups in total. The van der Waals surface area contributed by atoms with Crippen LogP contribution < -0.4 is 16.6 Å². The summed E-state index contributed by atoms with van der Waals surface area (Å²) in [7, 11) is 3.13. The molecule has 2 rings (SSSR count). The normalized spacial score (nSPS) is 12.3. The molecule has 0 spiro atoms. The predicted molar refractivity (Wildman–Crippen MR) is 76.4 cm³/mol. The Kier molecular flexibility index (Phi) is 4.14. The minimum absolute atomic E-state index is 0.0860. The van der Waals surface area contributed by atoms with E-state index in [9.17, 15) is 9.59 Å². The molecule has 0 aliphatic heterocycles. The van der Waals surface area contributed by atoms with E-state index in [4.69, 9.17) is 0 Å². The second-order valence-corrected chi connectivity index (χ2v) is 4.76.